The fourth-order valence-electron chi connectivity index (χ4n) is 3.03. The van der Waals surface area contributed by atoms with Crippen molar-refractivity contribution in [2.75, 3.05) is 37.8 Å². The van der Waals surface area contributed by atoms with Crippen LogP contribution in [0.5, 0.6) is 5.75 Å². The Hall–Kier alpha value is -2.48. The van der Waals surface area contributed by atoms with Crippen LogP contribution >= 0.6 is 0 Å². The molecule has 25 heavy (non-hydrogen) atoms. The summed E-state index contributed by atoms with van der Waals surface area (Å²) in [5.41, 5.74) is 0.973. The number of hydrogen-bond acceptors (Lipinski definition) is 4. The van der Waals surface area contributed by atoms with Gasteiger partial charge in [0.05, 0.1) is 19.8 Å². The minimum Gasteiger partial charge on any atom is -0.494 e. The third-order valence-corrected chi connectivity index (χ3v) is 4.45. The van der Waals surface area contributed by atoms with E-state index < -0.39 is 5.60 Å². The highest BCUT2D eigenvalue weighted by Gasteiger charge is 2.29. The van der Waals surface area contributed by atoms with Crippen molar-refractivity contribution in [1.82, 2.24) is 0 Å². The zero-order valence-corrected chi connectivity index (χ0v) is 14.4. The molecule has 0 amide bonds. The van der Waals surface area contributed by atoms with Crippen molar-refractivity contribution in [2.45, 2.75) is 12.5 Å². The lowest BCUT2D eigenvalue weighted by molar-refractivity contribution is 0.122. The minimum absolute atomic E-state index is 0.599. The molecular weight excluding hydrogens is 314 g/mol. The molecule has 1 aliphatic rings. The summed E-state index contributed by atoms with van der Waals surface area (Å²) in [6.45, 7) is 5.75. The molecule has 4 heteroatoms. The monoisotopic (exact) mass is 337 g/mol. The van der Waals surface area contributed by atoms with E-state index in [0.717, 1.165) is 37.7 Å². The standard InChI is InChI=1S/C21H23NO3/c1-3-21(23,18-7-11-20(12-8-18)25-4-2)17-5-9-19(10-6-17)22-13-15-24-16-14-22/h1,5-12,23H,4,13-16H2,2H3. The summed E-state index contributed by atoms with van der Waals surface area (Å²) in [6, 6.07) is 15.0. The number of aliphatic hydroxyl groups is 1. The molecule has 1 N–H and O–H groups in total. The van der Waals surface area contributed by atoms with E-state index in [1.165, 1.54) is 0 Å². The Labute approximate surface area is 149 Å². The van der Waals surface area contributed by atoms with Crippen LogP contribution in [-0.4, -0.2) is 38.0 Å². The van der Waals surface area contributed by atoms with Gasteiger partial charge in [-0.25, -0.2) is 0 Å². The summed E-state index contributed by atoms with van der Waals surface area (Å²) in [5, 5.41) is 11.1. The SMILES string of the molecule is C#CC(O)(c1ccc(OCC)cc1)c1ccc(N2CCOCC2)cc1. The van der Waals surface area contributed by atoms with Crippen LogP contribution < -0.4 is 9.64 Å². The lowest BCUT2D eigenvalue weighted by atomic mass is 9.87. The molecule has 0 spiro atoms. The molecule has 1 unspecified atom stereocenters. The molecule has 4 nitrogen and oxygen atoms in total. The van der Waals surface area contributed by atoms with Gasteiger partial charge in [-0.15, -0.1) is 6.42 Å². The van der Waals surface area contributed by atoms with Gasteiger partial charge in [-0.1, -0.05) is 30.2 Å². The zero-order valence-electron chi connectivity index (χ0n) is 14.4. The fourth-order valence-corrected chi connectivity index (χ4v) is 3.03. The Morgan fingerprint density at radius 1 is 1.08 bits per heavy atom. The molecule has 130 valence electrons. The second-order valence-electron chi connectivity index (χ2n) is 5.96. The van der Waals surface area contributed by atoms with Gasteiger partial charge in [-0.3, -0.25) is 0 Å². The van der Waals surface area contributed by atoms with Crippen LogP contribution in [0.3, 0.4) is 0 Å². The first-order valence-corrected chi connectivity index (χ1v) is 8.54. The maximum atomic E-state index is 11.1. The van der Waals surface area contributed by atoms with Crippen LogP contribution in [0.2, 0.25) is 0 Å². The molecule has 1 saturated heterocycles. The van der Waals surface area contributed by atoms with Crippen molar-refractivity contribution in [2.24, 2.45) is 0 Å². The van der Waals surface area contributed by atoms with Crippen molar-refractivity contribution in [3.05, 3.63) is 59.7 Å². The number of terminal acetylenes is 1. The molecule has 0 radical (unpaired) electrons. The van der Waals surface area contributed by atoms with E-state index in [-0.39, 0.29) is 0 Å². The first-order valence-electron chi connectivity index (χ1n) is 8.54. The molecule has 0 saturated carbocycles. The van der Waals surface area contributed by atoms with E-state index in [4.69, 9.17) is 15.9 Å². The third-order valence-electron chi connectivity index (χ3n) is 4.45. The Morgan fingerprint density at radius 2 is 1.64 bits per heavy atom. The predicted molar refractivity (Wildman–Crippen MR) is 98.9 cm³/mol. The molecular formula is C21H23NO3. The van der Waals surface area contributed by atoms with Crippen LogP contribution in [0.25, 0.3) is 0 Å². The summed E-state index contributed by atoms with van der Waals surface area (Å²) < 4.78 is 10.8. The zero-order chi connectivity index (χ0) is 17.7. The molecule has 0 bridgehead atoms. The summed E-state index contributed by atoms with van der Waals surface area (Å²) in [6.07, 6.45) is 5.69. The van der Waals surface area contributed by atoms with Crippen LogP contribution in [-0.2, 0) is 10.3 Å². The predicted octanol–water partition coefficient (Wildman–Crippen LogP) is 2.79. The number of anilines is 1. The van der Waals surface area contributed by atoms with Gasteiger partial charge in [0.1, 0.15) is 5.75 Å². The lowest BCUT2D eigenvalue weighted by Gasteiger charge is -2.30. The molecule has 1 fully saturated rings. The molecule has 3 rings (SSSR count). The normalized spacial score (nSPS) is 16.8. The van der Waals surface area contributed by atoms with Crippen molar-refractivity contribution >= 4 is 5.69 Å². The average Bonchev–Trinajstić information content (AvgIpc) is 2.69. The highest BCUT2D eigenvalue weighted by molar-refractivity contribution is 5.52. The summed E-state index contributed by atoms with van der Waals surface area (Å²) >= 11 is 0. The number of benzene rings is 2. The van der Waals surface area contributed by atoms with Crippen molar-refractivity contribution in [3.63, 3.8) is 0 Å². The van der Waals surface area contributed by atoms with Crippen LogP contribution in [0, 0.1) is 12.3 Å². The maximum Gasteiger partial charge on any atom is 0.176 e. The van der Waals surface area contributed by atoms with E-state index in [1.807, 2.05) is 43.3 Å². The topological polar surface area (TPSA) is 41.9 Å². The van der Waals surface area contributed by atoms with E-state index in [0.29, 0.717) is 17.7 Å². The highest BCUT2D eigenvalue weighted by Crippen LogP contribution is 2.31. The third kappa shape index (κ3) is 3.63. The highest BCUT2D eigenvalue weighted by atomic mass is 16.5. The van der Waals surface area contributed by atoms with Crippen LogP contribution in [0.1, 0.15) is 18.1 Å². The van der Waals surface area contributed by atoms with Gasteiger partial charge in [0.2, 0.25) is 0 Å². The van der Waals surface area contributed by atoms with Crippen molar-refractivity contribution in [3.8, 4) is 18.1 Å². The quantitative estimate of drug-likeness (QED) is 0.852. The van der Waals surface area contributed by atoms with Gasteiger partial charge in [0.25, 0.3) is 0 Å². The van der Waals surface area contributed by atoms with Gasteiger partial charge < -0.3 is 19.5 Å². The number of rotatable bonds is 5. The van der Waals surface area contributed by atoms with E-state index in [2.05, 4.69) is 10.8 Å². The second kappa shape index (κ2) is 7.60. The molecule has 2 aromatic rings. The Morgan fingerprint density at radius 3 is 2.16 bits per heavy atom. The second-order valence-corrected chi connectivity index (χ2v) is 5.96. The van der Waals surface area contributed by atoms with Crippen LogP contribution in [0.4, 0.5) is 5.69 Å². The molecule has 2 aromatic carbocycles. The fraction of sp³-hybridized carbons (Fsp3) is 0.333. The summed E-state index contributed by atoms with van der Waals surface area (Å²) in [4.78, 5) is 2.26. The largest absolute Gasteiger partial charge is 0.494 e. The van der Waals surface area contributed by atoms with Crippen LogP contribution in [0.15, 0.2) is 48.5 Å². The summed E-state index contributed by atoms with van der Waals surface area (Å²) in [7, 11) is 0. The number of ether oxygens (including phenoxy) is 2. The molecule has 1 atom stereocenters. The average molecular weight is 337 g/mol. The first kappa shape index (κ1) is 17.3. The molecule has 1 heterocycles. The Kier molecular flexibility index (Phi) is 5.28. The van der Waals surface area contributed by atoms with Gasteiger partial charge in [0, 0.05) is 29.9 Å². The maximum absolute atomic E-state index is 11.1. The first-order chi connectivity index (χ1) is 12.2. The number of hydrogen-bond donors (Lipinski definition) is 1. The Bertz CT molecular complexity index is 727. The van der Waals surface area contributed by atoms with E-state index in [1.54, 1.807) is 12.1 Å². The molecule has 0 aliphatic carbocycles. The van der Waals surface area contributed by atoms with E-state index >= 15 is 0 Å². The number of morpholine rings is 1. The smallest absolute Gasteiger partial charge is 0.176 e. The van der Waals surface area contributed by atoms with Crippen molar-refractivity contribution < 1.29 is 14.6 Å². The van der Waals surface area contributed by atoms with Gasteiger partial charge in [-0.2, -0.15) is 0 Å². The minimum atomic E-state index is -1.46. The van der Waals surface area contributed by atoms with E-state index in [9.17, 15) is 5.11 Å². The van der Waals surface area contributed by atoms with Gasteiger partial charge in [-0.05, 0) is 31.2 Å². The lowest BCUT2D eigenvalue weighted by Crippen LogP contribution is -2.36. The molecule has 1 aliphatic heterocycles. The number of nitrogens with zero attached hydrogens (tertiary/aromatic N) is 1. The van der Waals surface area contributed by atoms with Gasteiger partial charge in [0.15, 0.2) is 5.60 Å². The Balaban J connectivity index is 1.85. The van der Waals surface area contributed by atoms with Gasteiger partial charge >= 0.3 is 0 Å². The van der Waals surface area contributed by atoms with Crippen molar-refractivity contribution in [1.29, 1.82) is 0 Å². The summed E-state index contributed by atoms with van der Waals surface area (Å²) in [5.74, 6) is 3.30. The molecule has 0 aromatic heterocycles.